The summed E-state index contributed by atoms with van der Waals surface area (Å²) < 4.78 is 39.5. The average Bonchev–Trinajstić information content (AvgIpc) is 2.52. The summed E-state index contributed by atoms with van der Waals surface area (Å²) in [5.74, 6) is 0.170. The van der Waals surface area contributed by atoms with Crippen LogP contribution in [-0.4, -0.2) is 42.4 Å². The lowest BCUT2D eigenvalue weighted by molar-refractivity contribution is -0.662. The van der Waals surface area contributed by atoms with Gasteiger partial charge in [-0.05, 0) is 0 Å². The predicted octanol–water partition coefficient (Wildman–Crippen LogP) is 0.633. The first kappa shape index (κ1) is 17.2. The van der Waals surface area contributed by atoms with Gasteiger partial charge in [0.25, 0.3) is 0 Å². The molecule has 1 aliphatic heterocycles. The Morgan fingerprint density at radius 3 is 2.70 bits per heavy atom. The summed E-state index contributed by atoms with van der Waals surface area (Å²) in [6.45, 7) is 1.95. The maximum Gasteiger partial charge on any atom is 0.419 e. The third-order valence-corrected chi connectivity index (χ3v) is 3.59. The number of alkyl halides is 3. The quantitative estimate of drug-likeness (QED) is 0.707. The Labute approximate surface area is 132 Å². The van der Waals surface area contributed by atoms with Gasteiger partial charge in [0, 0.05) is 50.1 Å². The number of hydrogen-bond donors (Lipinski definition) is 3. The van der Waals surface area contributed by atoms with Gasteiger partial charge in [-0.1, -0.05) is 0 Å². The summed E-state index contributed by atoms with van der Waals surface area (Å²) in [5, 5.41) is 5.30. The van der Waals surface area contributed by atoms with E-state index in [1.807, 2.05) is 0 Å². The van der Waals surface area contributed by atoms with Gasteiger partial charge in [-0.2, -0.15) is 13.2 Å². The zero-order valence-electron chi connectivity index (χ0n) is 12.8. The molecule has 2 heterocycles. The van der Waals surface area contributed by atoms with Crippen molar-refractivity contribution < 1.29 is 18.5 Å². The number of aliphatic imine (C=N–C) groups is 1. The Bertz CT molecular complexity index is 591. The van der Waals surface area contributed by atoms with Gasteiger partial charge < -0.3 is 16.4 Å². The largest absolute Gasteiger partial charge is 0.419 e. The van der Waals surface area contributed by atoms with E-state index in [4.69, 9.17) is 5.73 Å². The number of nitrogens with one attached hydrogen (secondary N) is 1. The molecule has 126 valence electrons. The molecule has 0 aromatic carbocycles. The molecule has 9 heteroatoms. The SMILES string of the molecule is CN=C/C(=C\N)c1nc(NC2CC[NH2+]CC2)ncc1C(F)(F)F. The van der Waals surface area contributed by atoms with Crippen molar-refractivity contribution in [2.45, 2.75) is 25.1 Å². The van der Waals surface area contributed by atoms with E-state index in [0.717, 1.165) is 38.3 Å². The summed E-state index contributed by atoms with van der Waals surface area (Å²) in [5.41, 5.74) is 4.32. The molecule has 1 fully saturated rings. The van der Waals surface area contributed by atoms with Gasteiger partial charge in [0.05, 0.1) is 18.8 Å². The van der Waals surface area contributed by atoms with Gasteiger partial charge in [-0.3, -0.25) is 4.99 Å². The lowest BCUT2D eigenvalue weighted by Gasteiger charge is -2.22. The average molecular weight is 329 g/mol. The van der Waals surface area contributed by atoms with Gasteiger partial charge >= 0.3 is 6.18 Å². The third-order valence-electron chi connectivity index (χ3n) is 3.59. The van der Waals surface area contributed by atoms with E-state index < -0.39 is 11.7 Å². The van der Waals surface area contributed by atoms with E-state index in [2.05, 4.69) is 25.6 Å². The van der Waals surface area contributed by atoms with Crippen molar-refractivity contribution in [2.24, 2.45) is 10.7 Å². The highest BCUT2D eigenvalue weighted by Crippen LogP contribution is 2.33. The molecule has 1 aliphatic rings. The van der Waals surface area contributed by atoms with Gasteiger partial charge in [-0.25, -0.2) is 9.97 Å². The van der Waals surface area contributed by atoms with Crippen LogP contribution in [0.25, 0.3) is 5.57 Å². The third kappa shape index (κ3) is 4.41. The number of rotatable bonds is 4. The second-order valence-electron chi connectivity index (χ2n) is 5.25. The molecular weight excluding hydrogens is 309 g/mol. The van der Waals surface area contributed by atoms with Gasteiger partial charge in [-0.15, -0.1) is 0 Å². The second-order valence-corrected chi connectivity index (χ2v) is 5.25. The molecule has 23 heavy (non-hydrogen) atoms. The first-order valence-corrected chi connectivity index (χ1v) is 7.32. The minimum atomic E-state index is -4.57. The number of quaternary nitrogens is 1. The van der Waals surface area contributed by atoms with Crippen molar-refractivity contribution in [2.75, 3.05) is 25.5 Å². The highest BCUT2D eigenvalue weighted by atomic mass is 19.4. The van der Waals surface area contributed by atoms with Crippen molar-refractivity contribution in [1.82, 2.24) is 9.97 Å². The smallest absolute Gasteiger partial charge is 0.404 e. The van der Waals surface area contributed by atoms with E-state index >= 15 is 0 Å². The summed E-state index contributed by atoms with van der Waals surface area (Å²) in [4.78, 5) is 11.6. The van der Waals surface area contributed by atoms with Crippen molar-refractivity contribution in [3.63, 3.8) is 0 Å². The molecule has 0 unspecified atom stereocenters. The number of hydrogen-bond acceptors (Lipinski definition) is 5. The van der Waals surface area contributed by atoms with Crippen LogP contribution in [0.15, 0.2) is 17.4 Å². The molecule has 0 amide bonds. The summed E-state index contributed by atoms with van der Waals surface area (Å²) in [6.07, 6.45) is 0.350. The Balaban J connectivity index is 2.36. The number of allylic oxidation sites excluding steroid dienone is 1. The molecule has 0 spiro atoms. The standard InChI is InChI=1S/C14H19F3N6/c1-19-7-9(6-18)12-11(14(15,16)17)8-21-13(23-12)22-10-2-4-20-5-3-10/h6-8,10,20H,2-5,18H2,1H3,(H,21,22,23)/p+1/b9-6+,19-7?. The lowest BCUT2D eigenvalue weighted by atomic mass is 10.1. The van der Waals surface area contributed by atoms with Crippen LogP contribution in [0.5, 0.6) is 0 Å². The highest BCUT2D eigenvalue weighted by molar-refractivity contribution is 6.09. The fraction of sp³-hybridized carbons (Fsp3) is 0.500. The molecule has 5 N–H and O–H groups in total. The highest BCUT2D eigenvalue weighted by Gasteiger charge is 2.36. The summed E-state index contributed by atoms with van der Waals surface area (Å²) in [6, 6.07) is 0.162. The molecule has 0 bridgehead atoms. The van der Waals surface area contributed by atoms with Crippen LogP contribution in [0.4, 0.5) is 19.1 Å². The number of halogens is 3. The van der Waals surface area contributed by atoms with Crippen molar-refractivity contribution in [1.29, 1.82) is 0 Å². The molecule has 6 nitrogen and oxygen atoms in total. The molecule has 0 radical (unpaired) electrons. The fourth-order valence-electron chi connectivity index (χ4n) is 2.45. The Kier molecular flexibility index (Phi) is 5.54. The summed E-state index contributed by atoms with van der Waals surface area (Å²) >= 11 is 0. The maximum atomic E-state index is 13.2. The van der Waals surface area contributed by atoms with Crippen LogP contribution in [0.3, 0.4) is 0 Å². The molecule has 0 atom stereocenters. The monoisotopic (exact) mass is 329 g/mol. The molecule has 1 aromatic rings. The van der Waals surface area contributed by atoms with Gasteiger partial charge in [0.1, 0.15) is 5.56 Å². The Morgan fingerprint density at radius 2 is 2.13 bits per heavy atom. The van der Waals surface area contributed by atoms with Crippen LogP contribution in [0.2, 0.25) is 0 Å². The van der Waals surface area contributed by atoms with Crippen molar-refractivity contribution in [3.8, 4) is 0 Å². The van der Waals surface area contributed by atoms with Crippen LogP contribution >= 0.6 is 0 Å². The van der Waals surface area contributed by atoms with E-state index in [-0.39, 0.29) is 23.3 Å². The van der Waals surface area contributed by atoms with E-state index in [1.54, 1.807) is 0 Å². The van der Waals surface area contributed by atoms with E-state index in [9.17, 15) is 13.2 Å². The first-order valence-electron chi connectivity index (χ1n) is 7.32. The molecule has 0 aliphatic carbocycles. The number of anilines is 1. The van der Waals surface area contributed by atoms with Crippen LogP contribution < -0.4 is 16.4 Å². The Morgan fingerprint density at radius 1 is 1.43 bits per heavy atom. The molecule has 0 saturated carbocycles. The minimum Gasteiger partial charge on any atom is -0.404 e. The molecule has 1 aromatic heterocycles. The number of nitrogens with zero attached hydrogens (tertiary/aromatic N) is 3. The molecule has 2 rings (SSSR count). The molecular formula is C14H20F3N6+. The van der Waals surface area contributed by atoms with E-state index in [0.29, 0.717) is 0 Å². The number of aromatic nitrogens is 2. The first-order chi connectivity index (χ1) is 11.0. The second kappa shape index (κ2) is 7.40. The van der Waals surface area contributed by atoms with Crippen molar-refractivity contribution in [3.05, 3.63) is 23.7 Å². The zero-order valence-corrected chi connectivity index (χ0v) is 12.8. The van der Waals surface area contributed by atoms with Crippen LogP contribution in [0, 0.1) is 0 Å². The molecule has 1 saturated heterocycles. The van der Waals surface area contributed by atoms with Crippen LogP contribution in [-0.2, 0) is 6.18 Å². The van der Waals surface area contributed by atoms with E-state index in [1.165, 1.54) is 13.3 Å². The topological polar surface area (TPSA) is 92.8 Å². The number of nitrogens with two attached hydrogens (primary N) is 2. The van der Waals surface area contributed by atoms with Crippen LogP contribution in [0.1, 0.15) is 24.1 Å². The normalized spacial score (nSPS) is 17.7. The van der Waals surface area contributed by atoms with Gasteiger partial charge in [0.15, 0.2) is 0 Å². The number of piperidine rings is 1. The van der Waals surface area contributed by atoms with Crippen molar-refractivity contribution >= 4 is 17.7 Å². The summed E-state index contributed by atoms with van der Waals surface area (Å²) in [7, 11) is 1.45. The fourth-order valence-corrected chi connectivity index (χ4v) is 2.45. The Hall–Kier alpha value is -2.16. The minimum absolute atomic E-state index is 0.0993. The van der Waals surface area contributed by atoms with Gasteiger partial charge in [0.2, 0.25) is 5.95 Å². The predicted molar refractivity (Wildman–Crippen MR) is 81.9 cm³/mol. The zero-order chi connectivity index (χ0) is 16.9. The lowest BCUT2D eigenvalue weighted by Crippen LogP contribution is -2.87. The maximum absolute atomic E-state index is 13.2.